The molecule has 0 aromatic heterocycles. The van der Waals surface area contributed by atoms with Crippen molar-refractivity contribution in [3.8, 4) is 23.0 Å². The molecule has 184 valence electrons. The topological polar surface area (TPSA) is 78.4 Å². The van der Waals surface area contributed by atoms with Crippen molar-refractivity contribution in [1.29, 1.82) is 0 Å². The number of halogens is 2. The van der Waals surface area contributed by atoms with Gasteiger partial charge >= 0.3 is 0 Å². The normalized spacial score (nSPS) is 10.8. The number of hydrazone groups is 1. The minimum Gasteiger partial charge on any atom is -0.493 e. The lowest BCUT2D eigenvalue weighted by atomic mass is 10.2. The molecule has 0 aliphatic heterocycles. The van der Waals surface area contributed by atoms with Crippen LogP contribution < -0.4 is 24.4 Å². The first kappa shape index (κ1) is 26.8. The number of hydrogen-bond acceptors (Lipinski definition) is 6. The zero-order chi connectivity index (χ0) is 25.2. The molecule has 3 aromatic rings. The molecule has 1 N–H and O–H groups in total. The van der Waals surface area contributed by atoms with Crippen LogP contribution in [-0.2, 0) is 6.61 Å². The van der Waals surface area contributed by atoms with Gasteiger partial charge in [0.25, 0.3) is 5.91 Å². The molecule has 0 atom stereocenters. The largest absolute Gasteiger partial charge is 0.493 e. The molecule has 0 fully saturated rings. The third-order valence-electron chi connectivity index (χ3n) is 4.73. The second-order valence-corrected chi connectivity index (χ2v) is 9.25. The molecule has 35 heavy (non-hydrogen) atoms. The highest BCUT2D eigenvalue weighted by Crippen LogP contribution is 2.34. The van der Waals surface area contributed by atoms with E-state index in [2.05, 4.69) is 49.0 Å². The molecule has 1 amide bonds. The number of benzene rings is 3. The van der Waals surface area contributed by atoms with Crippen molar-refractivity contribution in [2.45, 2.75) is 20.5 Å². The molecule has 0 saturated heterocycles. The third-order valence-corrected chi connectivity index (χ3v) is 6.06. The van der Waals surface area contributed by atoms with E-state index in [4.69, 9.17) is 18.9 Å². The third kappa shape index (κ3) is 7.60. The van der Waals surface area contributed by atoms with Crippen molar-refractivity contribution in [3.05, 3.63) is 79.3 Å². The van der Waals surface area contributed by atoms with E-state index < -0.39 is 0 Å². The van der Waals surface area contributed by atoms with Gasteiger partial charge in [-0.3, -0.25) is 4.79 Å². The van der Waals surface area contributed by atoms with Crippen LogP contribution in [-0.4, -0.2) is 32.4 Å². The molecular formula is C26H26BrIN2O5. The number of rotatable bonds is 11. The molecule has 7 nitrogen and oxygen atoms in total. The Kier molecular flexibility index (Phi) is 10.2. The van der Waals surface area contributed by atoms with Gasteiger partial charge in [0.15, 0.2) is 23.0 Å². The SMILES string of the molecule is CCOc1cc(C(=O)N/N=C/c2cc(I)c(OCc3ccc(Br)cc3)c(OCC)c2)ccc1OC. The Morgan fingerprint density at radius 3 is 2.37 bits per heavy atom. The molecule has 0 heterocycles. The average molecular weight is 653 g/mol. The van der Waals surface area contributed by atoms with E-state index in [1.807, 2.05) is 50.2 Å². The predicted molar refractivity (Wildman–Crippen MR) is 148 cm³/mol. The van der Waals surface area contributed by atoms with E-state index in [0.717, 1.165) is 19.2 Å². The summed E-state index contributed by atoms with van der Waals surface area (Å²) in [5, 5.41) is 4.11. The van der Waals surface area contributed by atoms with Crippen molar-refractivity contribution in [2.75, 3.05) is 20.3 Å². The van der Waals surface area contributed by atoms with Gasteiger partial charge in [-0.2, -0.15) is 5.10 Å². The monoisotopic (exact) mass is 652 g/mol. The number of carbonyl (C=O) groups is 1. The lowest BCUT2D eigenvalue weighted by Gasteiger charge is -2.15. The lowest BCUT2D eigenvalue weighted by Crippen LogP contribution is -2.17. The van der Waals surface area contributed by atoms with Gasteiger partial charge in [-0.15, -0.1) is 0 Å². The fourth-order valence-corrected chi connectivity index (χ4v) is 4.16. The van der Waals surface area contributed by atoms with Crippen molar-refractivity contribution < 1.29 is 23.7 Å². The Morgan fingerprint density at radius 2 is 1.69 bits per heavy atom. The van der Waals surface area contributed by atoms with E-state index in [0.29, 0.717) is 48.4 Å². The molecule has 0 bridgehead atoms. The van der Waals surface area contributed by atoms with E-state index in [1.165, 1.54) is 0 Å². The fourth-order valence-electron chi connectivity index (χ4n) is 3.12. The summed E-state index contributed by atoms with van der Waals surface area (Å²) in [4.78, 5) is 12.6. The molecule has 0 unspecified atom stereocenters. The minimum atomic E-state index is -0.362. The Bertz CT molecular complexity index is 1190. The van der Waals surface area contributed by atoms with Gasteiger partial charge in [0.1, 0.15) is 6.61 Å². The predicted octanol–water partition coefficient (Wildman–Crippen LogP) is 6.20. The van der Waals surface area contributed by atoms with Crippen LogP contribution in [0.1, 0.15) is 35.3 Å². The van der Waals surface area contributed by atoms with Gasteiger partial charge in [-0.05, 0) is 90.0 Å². The first-order valence-electron chi connectivity index (χ1n) is 10.9. The number of ether oxygens (including phenoxy) is 4. The fraction of sp³-hybridized carbons (Fsp3) is 0.231. The van der Waals surface area contributed by atoms with Crippen LogP contribution in [0.2, 0.25) is 0 Å². The second-order valence-electron chi connectivity index (χ2n) is 7.18. The Balaban J connectivity index is 1.71. The van der Waals surface area contributed by atoms with Gasteiger partial charge < -0.3 is 18.9 Å². The highest BCUT2D eigenvalue weighted by Gasteiger charge is 2.13. The average Bonchev–Trinajstić information content (AvgIpc) is 2.85. The maximum atomic E-state index is 12.6. The maximum Gasteiger partial charge on any atom is 0.271 e. The lowest BCUT2D eigenvalue weighted by molar-refractivity contribution is 0.0954. The second kappa shape index (κ2) is 13.3. The molecule has 3 aromatic carbocycles. The molecule has 3 rings (SSSR count). The quantitative estimate of drug-likeness (QED) is 0.152. The number of hydrogen-bond donors (Lipinski definition) is 1. The number of amides is 1. The first-order chi connectivity index (χ1) is 16.9. The number of methoxy groups -OCH3 is 1. The Labute approximate surface area is 227 Å². The van der Waals surface area contributed by atoms with Crippen LogP contribution in [0.25, 0.3) is 0 Å². The van der Waals surface area contributed by atoms with Crippen LogP contribution >= 0.6 is 38.5 Å². The van der Waals surface area contributed by atoms with E-state index in [9.17, 15) is 4.79 Å². The van der Waals surface area contributed by atoms with Gasteiger partial charge in [-0.25, -0.2) is 5.43 Å². The first-order valence-corrected chi connectivity index (χ1v) is 12.8. The van der Waals surface area contributed by atoms with Crippen molar-refractivity contribution in [1.82, 2.24) is 5.43 Å². The zero-order valence-corrected chi connectivity index (χ0v) is 23.4. The number of nitrogens with zero attached hydrogens (tertiary/aromatic N) is 1. The highest BCUT2D eigenvalue weighted by atomic mass is 127. The van der Waals surface area contributed by atoms with Gasteiger partial charge in [0.2, 0.25) is 0 Å². The van der Waals surface area contributed by atoms with E-state index >= 15 is 0 Å². The summed E-state index contributed by atoms with van der Waals surface area (Å²) in [5.74, 6) is 1.98. The summed E-state index contributed by atoms with van der Waals surface area (Å²) in [6.07, 6.45) is 1.56. The number of carbonyl (C=O) groups excluding carboxylic acids is 1. The summed E-state index contributed by atoms with van der Waals surface area (Å²) < 4.78 is 24.6. The molecule has 0 radical (unpaired) electrons. The van der Waals surface area contributed by atoms with Crippen molar-refractivity contribution in [2.24, 2.45) is 5.10 Å². The summed E-state index contributed by atoms with van der Waals surface area (Å²) in [7, 11) is 1.55. The smallest absolute Gasteiger partial charge is 0.271 e. The Hall–Kier alpha value is -2.79. The van der Waals surface area contributed by atoms with Crippen LogP contribution in [0, 0.1) is 3.57 Å². The molecular weight excluding hydrogens is 627 g/mol. The summed E-state index contributed by atoms with van der Waals surface area (Å²) in [5.41, 5.74) is 4.77. The summed E-state index contributed by atoms with van der Waals surface area (Å²) >= 11 is 5.64. The standard InChI is InChI=1S/C26H26BrIN2O5/c1-4-33-23-14-19(8-11-22(23)32-3)26(31)30-29-15-18-12-21(28)25(24(13-18)34-5-2)35-16-17-6-9-20(27)10-7-17/h6-15H,4-5,16H2,1-3H3,(H,30,31)/b29-15+. The van der Waals surface area contributed by atoms with Crippen molar-refractivity contribution >= 4 is 50.6 Å². The molecule has 0 saturated carbocycles. The van der Waals surface area contributed by atoms with Gasteiger partial charge in [-0.1, -0.05) is 28.1 Å². The summed E-state index contributed by atoms with van der Waals surface area (Å²) in [6, 6.07) is 16.7. The van der Waals surface area contributed by atoms with Gasteiger partial charge in [0.05, 0.1) is 30.1 Å². The van der Waals surface area contributed by atoms with Gasteiger partial charge in [0, 0.05) is 10.0 Å². The molecule has 0 spiro atoms. The van der Waals surface area contributed by atoms with Crippen LogP contribution in [0.15, 0.2) is 64.2 Å². The molecule has 0 aliphatic rings. The highest BCUT2D eigenvalue weighted by molar-refractivity contribution is 14.1. The van der Waals surface area contributed by atoms with Crippen LogP contribution in [0.3, 0.4) is 0 Å². The van der Waals surface area contributed by atoms with E-state index in [1.54, 1.807) is 31.5 Å². The molecule has 0 aliphatic carbocycles. The summed E-state index contributed by atoms with van der Waals surface area (Å²) in [6.45, 7) is 5.15. The maximum absolute atomic E-state index is 12.6. The van der Waals surface area contributed by atoms with Crippen LogP contribution in [0.4, 0.5) is 0 Å². The molecule has 9 heteroatoms. The van der Waals surface area contributed by atoms with Crippen molar-refractivity contribution in [3.63, 3.8) is 0 Å². The Morgan fingerprint density at radius 1 is 0.971 bits per heavy atom. The van der Waals surface area contributed by atoms with E-state index in [-0.39, 0.29) is 5.91 Å². The van der Waals surface area contributed by atoms with Crippen LogP contribution in [0.5, 0.6) is 23.0 Å². The number of nitrogens with one attached hydrogen (secondary N) is 1. The minimum absolute atomic E-state index is 0.362. The zero-order valence-electron chi connectivity index (χ0n) is 19.6.